The number of ether oxygens (including phenoxy) is 1. The van der Waals surface area contributed by atoms with E-state index >= 15 is 0 Å². The summed E-state index contributed by atoms with van der Waals surface area (Å²) in [5, 5.41) is 15.2. The van der Waals surface area contributed by atoms with Crippen molar-refractivity contribution in [2.75, 3.05) is 7.11 Å². The molecule has 2 aromatic carbocycles. The predicted octanol–water partition coefficient (Wildman–Crippen LogP) is 6.10. The number of aliphatic hydroxyl groups excluding tert-OH is 1. The minimum atomic E-state index is -0.391. The fourth-order valence-electron chi connectivity index (χ4n) is 5.00. The Bertz CT molecular complexity index is 1370. The van der Waals surface area contributed by atoms with Crippen molar-refractivity contribution >= 4 is 12.2 Å². The van der Waals surface area contributed by atoms with E-state index in [-0.39, 0.29) is 5.92 Å². The van der Waals surface area contributed by atoms with Crippen LogP contribution in [0.5, 0.6) is 5.75 Å². The smallest absolute Gasteiger partial charge is 0.174 e. The molecule has 0 aliphatic carbocycles. The van der Waals surface area contributed by atoms with E-state index in [1.165, 1.54) is 5.56 Å². The molecule has 0 fully saturated rings. The lowest BCUT2D eigenvalue weighted by Crippen LogP contribution is -2.18. The maximum atomic E-state index is 10.4. The monoisotopic (exact) mass is 497 g/mol. The summed E-state index contributed by atoms with van der Waals surface area (Å²) in [5.41, 5.74) is 5.13. The molecule has 0 saturated carbocycles. The van der Waals surface area contributed by atoms with Crippen molar-refractivity contribution in [2.24, 2.45) is 0 Å². The average molecular weight is 498 g/mol. The third-order valence-electron chi connectivity index (χ3n) is 7.06. The first-order valence-electron chi connectivity index (χ1n) is 13.2. The zero-order valence-electron chi connectivity index (χ0n) is 21.8. The summed E-state index contributed by atoms with van der Waals surface area (Å²) < 4.78 is 9.65. The van der Waals surface area contributed by atoms with Crippen LogP contribution >= 0.6 is 0 Å². The molecule has 1 unspecified atom stereocenters. The highest BCUT2D eigenvalue weighted by Crippen LogP contribution is 2.33. The van der Waals surface area contributed by atoms with Crippen molar-refractivity contribution in [2.45, 2.75) is 64.5 Å². The molecular weight excluding hydrogens is 462 g/mol. The number of fused-ring (bicyclic) bond motifs is 1. The van der Waals surface area contributed by atoms with Gasteiger partial charge in [0.2, 0.25) is 0 Å². The van der Waals surface area contributed by atoms with E-state index in [4.69, 9.17) is 14.8 Å². The van der Waals surface area contributed by atoms with Gasteiger partial charge in [0.05, 0.1) is 30.9 Å². The fraction of sp³-hybridized carbons (Fsp3) is 0.367. The van der Waals surface area contributed by atoms with Crippen LogP contribution in [-0.2, 0) is 6.54 Å². The summed E-state index contributed by atoms with van der Waals surface area (Å²) in [6, 6.07) is 14.5. The molecule has 1 N–H and O–H groups in total. The van der Waals surface area contributed by atoms with Gasteiger partial charge in [0.25, 0.3) is 0 Å². The topological polar surface area (TPSA) is 78.0 Å². The first-order chi connectivity index (χ1) is 18.1. The van der Waals surface area contributed by atoms with Crippen LogP contribution in [0.4, 0.5) is 0 Å². The van der Waals surface area contributed by atoms with Crippen molar-refractivity contribution in [3.63, 3.8) is 0 Å². The lowest BCUT2D eigenvalue weighted by molar-refractivity contribution is 0.164. The van der Waals surface area contributed by atoms with Gasteiger partial charge in [0.15, 0.2) is 5.82 Å². The Labute approximate surface area is 218 Å². The number of unbranched alkanes of at least 4 members (excludes halogenated alkanes) is 1. The number of rotatable bonds is 9. The molecule has 0 spiro atoms. The Morgan fingerprint density at radius 2 is 2.00 bits per heavy atom. The molecule has 0 saturated heterocycles. The Morgan fingerprint density at radius 1 is 1.16 bits per heavy atom. The largest absolute Gasteiger partial charge is 0.495 e. The number of aromatic nitrogens is 5. The summed E-state index contributed by atoms with van der Waals surface area (Å²) in [6.45, 7) is 5.00. The van der Waals surface area contributed by atoms with E-state index in [9.17, 15) is 5.11 Å². The molecule has 2 aromatic heterocycles. The minimum Gasteiger partial charge on any atom is -0.495 e. The second kappa shape index (κ2) is 11.1. The number of benzene rings is 2. The van der Waals surface area contributed by atoms with E-state index in [0.717, 1.165) is 72.7 Å². The van der Waals surface area contributed by atoms with Gasteiger partial charge in [0, 0.05) is 18.7 Å². The van der Waals surface area contributed by atoms with E-state index in [2.05, 4.69) is 42.2 Å². The summed E-state index contributed by atoms with van der Waals surface area (Å²) >= 11 is 0. The third-order valence-corrected chi connectivity index (χ3v) is 7.06. The van der Waals surface area contributed by atoms with Crippen molar-refractivity contribution in [3.8, 4) is 11.4 Å². The summed E-state index contributed by atoms with van der Waals surface area (Å²) in [7, 11) is 1.68. The fourth-order valence-corrected chi connectivity index (χ4v) is 5.00. The van der Waals surface area contributed by atoms with E-state index in [1.54, 1.807) is 13.4 Å². The number of hydrogen-bond acceptors (Lipinski definition) is 5. The van der Waals surface area contributed by atoms with Gasteiger partial charge >= 0.3 is 0 Å². The summed E-state index contributed by atoms with van der Waals surface area (Å²) in [5.74, 6) is 2.71. The van der Waals surface area contributed by atoms with Crippen LogP contribution in [0.2, 0.25) is 0 Å². The van der Waals surface area contributed by atoms with E-state index in [0.29, 0.717) is 5.82 Å². The standard InChI is InChI=1S/C30H35N5O2/c1-4-5-8-27(36)24-13-11-23(12-14-24)25-7-6-17-35-30(25)32-29(33-35)16-10-22-9-15-26(28(18-22)37-3)34-19-21(2)31-20-34/h9-16,18-20,25,27,36H,4-8,17H2,1-3H3/b16-10+/t25-,27?/m1/s1. The van der Waals surface area contributed by atoms with Crippen LogP contribution in [0.3, 0.4) is 0 Å². The lowest BCUT2D eigenvalue weighted by atomic mass is 9.90. The number of aryl methyl sites for hydroxylation is 2. The Hall–Kier alpha value is -3.71. The molecule has 1 aliphatic heterocycles. The molecule has 4 aromatic rings. The Morgan fingerprint density at radius 3 is 2.73 bits per heavy atom. The van der Waals surface area contributed by atoms with Crippen LogP contribution in [0.1, 0.15) is 85.1 Å². The zero-order valence-corrected chi connectivity index (χ0v) is 21.8. The van der Waals surface area contributed by atoms with Gasteiger partial charge in [0.1, 0.15) is 11.6 Å². The predicted molar refractivity (Wildman–Crippen MR) is 146 cm³/mol. The number of methoxy groups -OCH3 is 1. The molecule has 192 valence electrons. The SMILES string of the molecule is CCCCC(O)c1ccc([C@H]2CCCn3nc(/C=C/c4ccc(-n5cnc(C)c5)c(OC)c4)nc32)cc1. The molecule has 1 aliphatic rings. The second-order valence-corrected chi connectivity index (χ2v) is 9.76. The first kappa shape index (κ1) is 25.0. The van der Waals surface area contributed by atoms with Crippen LogP contribution < -0.4 is 4.74 Å². The molecule has 2 atom stereocenters. The van der Waals surface area contributed by atoms with Crippen LogP contribution in [0, 0.1) is 6.92 Å². The highest BCUT2D eigenvalue weighted by atomic mass is 16.5. The van der Waals surface area contributed by atoms with Gasteiger partial charge in [-0.05, 0) is 61.1 Å². The van der Waals surface area contributed by atoms with Crippen molar-refractivity contribution < 1.29 is 9.84 Å². The molecule has 0 radical (unpaired) electrons. The third kappa shape index (κ3) is 5.52. The molecule has 7 heteroatoms. The zero-order chi connectivity index (χ0) is 25.8. The number of hydrogen-bond donors (Lipinski definition) is 1. The normalized spacial score (nSPS) is 16.2. The van der Waals surface area contributed by atoms with Crippen LogP contribution in [0.15, 0.2) is 55.0 Å². The lowest BCUT2D eigenvalue weighted by Gasteiger charge is -2.23. The molecule has 3 heterocycles. The second-order valence-electron chi connectivity index (χ2n) is 9.76. The van der Waals surface area contributed by atoms with Crippen LogP contribution in [-0.4, -0.2) is 36.5 Å². The van der Waals surface area contributed by atoms with E-state index in [1.807, 2.05) is 46.7 Å². The summed E-state index contributed by atoms with van der Waals surface area (Å²) in [4.78, 5) is 9.22. The molecule has 0 amide bonds. The minimum absolute atomic E-state index is 0.211. The molecular formula is C30H35N5O2. The Balaban J connectivity index is 1.34. The maximum Gasteiger partial charge on any atom is 0.174 e. The quantitative estimate of drug-likeness (QED) is 0.302. The summed E-state index contributed by atoms with van der Waals surface area (Å²) in [6.07, 6.45) is 12.4. The number of nitrogens with zero attached hydrogens (tertiary/aromatic N) is 5. The van der Waals surface area contributed by atoms with Crippen molar-refractivity contribution in [3.05, 3.63) is 89.0 Å². The van der Waals surface area contributed by atoms with Gasteiger partial charge in [-0.15, -0.1) is 0 Å². The number of aliphatic hydroxyl groups is 1. The Kier molecular flexibility index (Phi) is 7.51. The molecule has 7 nitrogen and oxygen atoms in total. The van der Waals surface area contributed by atoms with Crippen LogP contribution in [0.25, 0.3) is 17.8 Å². The van der Waals surface area contributed by atoms with Crippen molar-refractivity contribution in [1.29, 1.82) is 0 Å². The maximum absolute atomic E-state index is 10.4. The van der Waals surface area contributed by atoms with Crippen molar-refractivity contribution in [1.82, 2.24) is 24.3 Å². The molecule has 37 heavy (non-hydrogen) atoms. The highest BCUT2D eigenvalue weighted by molar-refractivity contribution is 5.69. The van der Waals surface area contributed by atoms with Gasteiger partial charge < -0.3 is 14.4 Å². The molecule has 0 bridgehead atoms. The average Bonchev–Trinajstić information content (AvgIpc) is 3.56. The van der Waals surface area contributed by atoms with Gasteiger partial charge in [-0.25, -0.2) is 14.6 Å². The van der Waals surface area contributed by atoms with E-state index < -0.39 is 6.10 Å². The first-order valence-corrected chi connectivity index (χ1v) is 13.2. The highest BCUT2D eigenvalue weighted by Gasteiger charge is 2.25. The van der Waals surface area contributed by atoms with Gasteiger partial charge in [-0.3, -0.25) is 0 Å². The van der Waals surface area contributed by atoms with Gasteiger partial charge in [-0.1, -0.05) is 56.2 Å². The van der Waals surface area contributed by atoms with Gasteiger partial charge in [-0.2, -0.15) is 5.10 Å². The molecule has 5 rings (SSSR count). The number of imidazole rings is 1.